The van der Waals surface area contributed by atoms with Crippen LogP contribution in [0.15, 0.2) is 12.2 Å². The number of carbonyl (C=O) groups is 2. The minimum absolute atomic E-state index is 0.0406. The first-order valence-corrected chi connectivity index (χ1v) is 6.48. The lowest BCUT2D eigenvalue weighted by Crippen LogP contribution is -2.40. The highest BCUT2D eigenvalue weighted by molar-refractivity contribution is 5.88. The number of carbonyl (C=O) groups excluding carboxylic acids is 2. The molecule has 0 aromatic heterocycles. The molecule has 3 aliphatic heterocycles. The molecule has 3 fully saturated rings. The summed E-state index contributed by atoms with van der Waals surface area (Å²) >= 11 is 0. The van der Waals surface area contributed by atoms with E-state index in [1.165, 1.54) is 6.92 Å². The van der Waals surface area contributed by atoms with Gasteiger partial charge in [-0.3, -0.25) is 0 Å². The van der Waals surface area contributed by atoms with Crippen LogP contribution in [0.4, 0.5) is 0 Å². The molecule has 2 bridgehead atoms. The third kappa shape index (κ3) is 2.11. The maximum absolute atomic E-state index is 11.7. The quantitative estimate of drug-likeness (QED) is 0.551. The predicted octanol–water partition coefficient (Wildman–Crippen LogP) is -0.478. The van der Waals surface area contributed by atoms with E-state index in [4.69, 9.17) is 18.9 Å². The lowest BCUT2D eigenvalue weighted by atomic mass is 9.88. The number of rotatable bonds is 4. The second kappa shape index (κ2) is 4.83. The Morgan fingerprint density at radius 1 is 1.35 bits per heavy atom. The maximum Gasteiger partial charge on any atom is 0.344 e. The minimum atomic E-state index is -0.861. The van der Waals surface area contributed by atoms with Crippen molar-refractivity contribution in [3.63, 3.8) is 0 Å². The van der Waals surface area contributed by atoms with Crippen molar-refractivity contribution in [2.75, 3.05) is 6.61 Å². The largest absolute Gasteiger partial charge is 0.454 e. The fourth-order valence-electron chi connectivity index (χ4n) is 2.96. The van der Waals surface area contributed by atoms with E-state index in [1.807, 2.05) is 0 Å². The van der Waals surface area contributed by atoms with Crippen molar-refractivity contribution >= 4 is 11.9 Å². The highest BCUT2D eigenvalue weighted by atomic mass is 16.7. The zero-order valence-electron chi connectivity index (χ0n) is 11.0. The highest BCUT2D eigenvalue weighted by Crippen LogP contribution is 2.49. The lowest BCUT2D eigenvalue weighted by Gasteiger charge is -2.22. The van der Waals surface area contributed by atoms with Crippen molar-refractivity contribution < 1.29 is 33.6 Å². The van der Waals surface area contributed by atoms with E-state index in [1.54, 1.807) is 0 Å². The van der Waals surface area contributed by atoms with Crippen LogP contribution >= 0.6 is 0 Å². The molecule has 0 aromatic rings. The SMILES string of the molecule is C=C(C)C(=O)OCC(=O)OC1C2CC3C(O)OC1C3O2. The molecule has 0 aliphatic carbocycles. The van der Waals surface area contributed by atoms with Gasteiger partial charge in [0, 0.05) is 11.5 Å². The number of hydrogen-bond acceptors (Lipinski definition) is 7. The third-order valence-electron chi connectivity index (χ3n) is 3.87. The normalized spacial score (nSPS) is 40.7. The molecule has 6 atom stereocenters. The summed E-state index contributed by atoms with van der Waals surface area (Å²) < 4.78 is 20.9. The first-order chi connectivity index (χ1) is 9.47. The molecule has 3 rings (SSSR count). The molecule has 110 valence electrons. The van der Waals surface area contributed by atoms with Crippen LogP contribution in [0.25, 0.3) is 0 Å². The Balaban J connectivity index is 1.53. The average Bonchev–Trinajstić information content (AvgIpc) is 3.00. The third-order valence-corrected chi connectivity index (χ3v) is 3.87. The second-order valence-electron chi connectivity index (χ2n) is 5.34. The molecule has 0 spiro atoms. The van der Waals surface area contributed by atoms with Gasteiger partial charge in [-0.15, -0.1) is 0 Å². The number of ether oxygens (including phenoxy) is 4. The van der Waals surface area contributed by atoms with Gasteiger partial charge in [-0.2, -0.15) is 0 Å². The van der Waals surface area contributed by atoms with Crippen molar-refractivity contribution in [3.05, 3.63) is 12.2 Å². The van der Waals surface area contributed by atoms with Crippen molar-refractivity contribution in [1.29, 1.82) is 0 Å². The van der Waals surface area contributed by atoms with E-state index in [2.05, 4.69) is 6.58 Å². The fourth-order valence-corrected chi connectivity index (χ4v) is 2.96. The molecule has 20 heavy (non-hydrogen) atoms. The van der Waals surface area contributed by atoms with Gasteiger partial charge in [0.05, 0.1) is 12.2 Å². The minimum Gasteiger partial charge on any atom is -0.454 e. The number of hydrogen-bond donors (Lipinski definition) is 1. The van der Waals surface area contributed by atoms with Crippen molar-refractivity contribution in [2.45, 2.75) is 44.1 Å². The van der Waals surface area contributed by atoms with E-state index in [9.17, 15) is 14.7 Å². The summed E-state index contributed by atoms with van der Waals surface area (Å²) in [6.07, 6.45) is -1.72. The van der Waals surface area contributed by atoms with Crippen LogP contribution in [-0.4, -0.2) is 54.4 Å². The van der Waals surface area contributed by atoms with E-state index in [0.717, 1.165) is 0 Å². The number of esters is 2. The Morgan fingerprint density at radius 3 is 2.80 bits per heavy atom. The van der Waals surface area contributed by atoms with Crippen molar-refractivity contribution in [1.82, 2.24) is 0 Å². The summed E-state index contributed by atoms with van der Waals surface area (Å²) in [5, 5.41) is 9.66. The van der Waals surface area contributed by atoms with Crippen LogP contribution in [0.3, 0.4) is 0 Å². The Kier molecular flexibility index (Phi) is 3.27. The molecule has 0 amide bonds. The smallest absolute Gasteiger partial charge is 0.344 e. The lowest BCUT2D eigenvalue weighted by molar-refractivity contribution is -0.170. The fraction of sp³-hybridized carbons (Fsp3) is 0.692. The Labute approximate surface area is 115 Å². The summed E-state index contributed by atoms with van der Waals surface area (Å²) in [7, 11) is 0. The standard InChI is InChI=1S/C13H16O7/c1-5(2)12(15)17-4-8(14)19-10-7-3-6-9(18-7)11(10)20-13(6)16/h6-7,9-11,13,16H,1,3-4H2,2H3. The first kappa shape index (κ1) is 13.5. The van der Waals surface area contributed by atoms with Crippen LogP contribution in [-0.2, 0) is 28.5 Å². The summed E-state index contributed by atoms with van der Waals surface area (Å²) in [4.78, 5) is 22.8. The summed E-state index contributed by atoms with van der Waals surface area (Å²) in [5.41, 5.74) is 0.214. The summed E-state index contributed by atoms with van der Waals surface area (Å²) in [5.74, 6) is -1.35. The Bertz CT molecular complexity index is 460. The van der Waals surface area contributed by atoms with Crippen molar-refractivity contribution in [2.24, 2.45) is 5.92 Å². The van der Waals surface area contributed by atoms with Gasteiger partial charge in [-0.05, 0) is 13.3 Å². The summed E-state index contributed by atoms with van der Waals surface area (Å²) in [6, 6.07) is 0. The van der Waals surface area contributed by atoms with Crippen molar-refractivity contribution in [3.8, 4) is 0 Å². The Hall–Kier alpha value is -1.44. The number of aliphatic hydroxyl groups is 1. The van der Waals surface area contributed by atoms with E-state index in [-0.39, 0.29) is 23.7 Å². The van der Waals surface area contributed by atoms with Gasteiger partial charge in [0.2, 0.25) is 0 Å². The Morgan fingerprint density at radius 2 is 2.10 bits per heavy atom. The molecule has 3 aliphatic rings. The maximum atomic E-state index is 11.7. The van der Waals surface area contributed by atoms with Gasteiger partial charge in [0.25, 0.3) is 0 Å². The highest BCUT2D eigenvalue weighted by Gasteiger charge is 2.63. The predicted molar refractivity (Wildman–Crippen MR) is 63.3 cm³/mol. The van der Waals surface area contributed by atoms with Crippen LogP contribution in [0, 0.1) is 5.92 Å². The topological polar surface area (TPSA) is 91.3 Å². The van der Waals surface area contributed by atoms with Gasteiger partial charge in [0.1, 0.15) is 6.10 Å². The second-order valence-corrected chi connectivity index (χ2v) is 5.34. The number of aliphatic hydroxyl groups excluding tert-OH is 1. The van der Waals surface area contributed by atoms with Crippen LogP contribution in [0.5, 0.6) is 0 Å². The monoisotopic (exact) mass is 284 g/mol. The molecule has 0 radical (unpaired) electrons. The van der Waals surface area contributed by atoms with Crippen LogP contribution < -0.4 is 0 Å². The molecule has 1 N–H and O–H groups in total. The molecule has 3 heterocycles. The van der Waals surface area contributed by atoms with Crippen LogP contribution in [0.2, 0.25) is 0 Å². The summed E-state index contributed by atoms with van der Waals surface area (Å²) in [6.45, 7) is 4.43. The van der Waals surface area contributed by atoms with Gasteiger partial charge < -0.3 is 24.1 Å². The van der Waals surface area contributed by atoms with Crippen LogP contribution in [0.1, 0.15) is 13.3 Å². The first-order valence-electron chi connectivity index (χ1n) is 6.48. The van der Waals surface area contributed by atoms with Gasteiger partial charge in [-0.25, -0.2) is 9.59 Å². The molecule has 7 heteroatoms. The van der Waals surface area contributed by atoms with E-state index >= 15 is 0 Å². The zero-order chi connectivity index (χ0) is 14.4. The van der Waals surface area contributed by atoms with E-state index in [0.29, 0.717) is 6.42 Å². The molecular formula is C13H16O7. The van der Waals surface area contributed by atoms with Gasteiger partial charge >= 0.3 is 11.9 Å². The average molecular weight is 284 g/mol. The molecule has 3 saturated heterocycles. The van der Waals surface area contributed by atoms with Gasteiger partial charge in [0.15, 0.2) is 19.0 Å². The van der Waals surface area contributed by atoms with Gasteiger partial charge in [-0.1, -0.05) is 6.58 Å². The zero-order valence-corrected chi connectivity index (χ0v) is 11.0. The molecule has 6 unspecified atom stereocenters. The number of fused-ring (bicyclic) bond motifs is 1. The molecule has 0 saturated carbocycles. The molecule has 0 aromatic carbocycles. The molecule has 7 nitrogen and oxygen atoms in total. The molecular weight excluding hydrogens is 268 g/mol. The van der Waals surface area contributed by atoms with E-state index < -0.39 is 37.0 Å².